The molecule has 4 rings (SSSR count). The summed E-state index contributed by atoms with van der Waals surface area (Å²) in [5.41, 5.74) is 0.294. The molecular weight excluding hydrogens is 630 g/mol. The number of esters is 4. The van der Waals surface area contributed by atoms with E-state index in [9.17, 15) is 28.8 Å². The highest BCUT2D eigenvalue weighted by Crippen LogP contribution is 2.31. The first-order valence-electron chi connectivity index (χ1n) is 14.5. The highest BCUT2D eigenvalue weighted by atomic mass is 35.5. The van der Waals surface area contributed by atoms with Crippen LogP contribution in [0.25, 0.3) is 11.3 Å². The summed E-state index contributed by atoms with van der Waals surface area (Å²) in [7, 11) is 0. The standard InChI is InChI=1S/C30H34ClN3O12/c1-5-41-30(40)19-10-12-34(13-11-19)29(39)26-24(44-16(3)36)23(43-15(2)35)25(45-17(4)37)28(46-26)33-27(38)21-22(42-14-32-21)18-6-8-20(31)9-7-18/h6-9,14,19,23-26,28H,5,10-13H2,1-4H3,(H,33,38). The van der Waals surface area contributed by atoms with E-state index in [0.29, 0.717) is 23.4 Å². The zero-order chi connectivity index (χ0) is 33.5. The number of oxazole rings is 1. The second-order valence-electron chi connectivity index (χ2n) is 10.6. The molecule has 3 heterocycles. The Morgan fingerprint density at radius 3 is 2.09 bits per heavy atom. The Labute approximate surface area is 268 Å². The van der Waals surface area contributed by atoms with E-state index in [4.69, 9.17) is 39.7 Å². The zero-order valence-electron chi connectivity index (χ0n) is 25.6. The number of carbonyl (C=O) groups excluding carboxylic acids is 6. The summed E-state index contributed by atoms with van der Waals surface area (Å²) >= 11 is 5.98. The summed E-state index contributed by atoms with van der Waals surface area (Å²) in [6.45, 7) is 5.43. The van der Waals surface area contributed by atoms with Crippen LogP contribution in [0.3, 0.4) is 0 Å². The lowest BCUT2D eigenvalue weighted by Gasteiger charge is -2.45. The number of hydrogen-bond acceptors (Lipinski definition) is 13. The lowest BCUT2D eigenvalue weighted by molar-refractivity contribution is -0.249. The third-order valence-corrected chi connectivity index (χ3v) is 7.53. The highest BCUT2D eigenvalue weighted by molar-refractivity contribution is 6.30. The minimum absolute atomic E-state index is 0.0837. The third-order valence-electron chi connectivity index (χ3n) is 7.28. The molecule has 15 nitrogen and oxygen atoms in total. The molecule has 1 aromatic carbocycles. The fourth-order valence-corrected chi connectivity index (χ4v) is 5.44. The van der Waals surface area contributed by atoms with Gasteiger partial charge in [0.1, 0.15) is 0 Å². The van der Waals surface area contributed by atoms with E-state index in [1.165, 1.54) is 4.90 Å². The number of amides is 2. The molecule has 0 aliphatic carbocycles. The van der Waals surface area contributed by atoms with Crippen molar-refractivity contribution in [3.63, 3.8) is 0 Å². The van der Waals surface area contributed by atoms with E-state index >= 15 is 0 Å². The van der Waals surface area contributed by atoms with Crippen LogP contribution >= 0.6 is 11.6 Å². The van der Waals surface area contributed by atoms with Gasteiger partial charge in [-0.3, -0.25) is 28.8 Å². The van der Waals surface area contributed by atoms with Crippen molar-refractivity contribution in [1.29, 1.82) is 0 Å². The first kappa shape index (κ1) is 34.4. The summed E-state index contributed by atoms with van der Waals surface area (Å²) in [6, 6.07) is 6.40. The fraction of sp³-hybridized carbons (Fsp3) is 0.500. The van der Waals surface area contributed by atoms with Gasteiger partial charge >= 0.3 is 23.9 Å². The van der Waals surface area contributed by atoms with Crippen LogP contribution in [-0.4, -0.2) is 95.9 Å². The maximum absolute atomic E-state index is 13.9. The van der Waals surface area contributed by atoms with E-state index in [1.54, 1.807) is 31.2 Å². The predicted molar refractivity (Wildman–Crippen MR) is 156 cm³/mol. The molecule has 2 aliphatic heterocycles. The maximum Gasteiger partial charge on any atom is 0.309 e. The maximum atomic E-state index is 13.9. The van der Waals surface area contributed by atoms with Crippen LogP contribution < -0.4 is 5.32 Å². The van der Waals surface area contributed by atoms with Gasteiger partial charge in [0.05, 0.1) is 12.5 Å². The molecule has 2 saturated heterocycles. The Bertz CT molecular complexity index is 1450. The predicted octanol–water partition coefficient (Wildman–Crippen LogP) is 2.05. The molecule has 248 valence electrons. The Kier molecular flexibility index (Phi) is 11.4. The number of halogens is 1. The van der Waals surface area contributed by atoms with Crippen molar-refractivity contribution in [3.8, 4) is 11.3 Å². The average molecular weight is 664 g/mol. The van der Waals surface area contributed by atoms with E-state index in [0.717, 1.165) is 27.2 Å². The molecule has 5 unspecified atom stereocenters. The summed E-state index contributed by atoms with van der Waals surface area (Å²) in [5, 5.41) is 3.00. The van der Waals surface area contributed by atoms with E-state index < -0.39 is 66.3 Å². The summed E-state index contributed by atoms with van der Waals surface area (Å²) in [6.07, 6.45) is -6.30. The third kappa shape index (κ3) is 8.20. The van der Waals surface area contributed by atoms with Gasteiger partial charge in [0, 0.05) is 44.4 Å². The van der Waals surface area contributed by atoms with Crippen LogP contribution in [0.2, 0.25) is 5.02 Å². The van der Waals surface area contributed by atoms with Gasteiger partial charge in [-0.05, 0) is 44.0 Å². The zero-order valence-corrected chi connectivity index (χ0v) is 26.3. The minimum atomic E-state index is -1.63. The van der Waals surface area contributed by atoms with Crippen LogP contribution in [-0.2, 0) is 47.7 Å². The monoisotopic (exact) mass is 663 g/mol. The van der Waals surface area contributed by atoms with E-state index in [1.807, 2.05) is 0 Å². The first-order chi connectivity index (χ1) is 21.9. The van der Waals surface area contributed by atoms with Crippen molar-refractivity contribution >= 4 is 47.3 Å². The molecule has 0 spiro atoms. The van der Waals surface area contributed by atoms with Crippen molar-refractivity contribution < 1.29 is 56.9 Å². The number of rotatable bonds is 9. The molecule has 2 fully saturated rings. The quantitative estimate of drug-likeness (QED) is 0.303. The lowest BCUT2D eigenvalue weighted by Crippen LogP contribution is -2.68. The van der Waals surface area contributed by atoms with Gasteiger partial charge in [-0.25, -0.2) is 4.98 Å². The Balaban J connectivity index is 1.66. The number of aromatic nitrogens is 1. The Hall–Kier alpha value is -4.50. The van der Waals surface area contributed by atoms with Crippen LogP contribution in [0.5, 0.6) is 0 Å². The topological polar surface area (TPSA) is 190 Å². The first-order valence-corrected chi connectivity index (χ1v) is 14.9. The summed E-state index contributed by atoms with van der Waals surface area (Å²) in [5.74, 6) is -4.76. The normalized spacial score (nSPS) is 23.2. The largest absolute Gasteiger partial charge is 0.466 e. The van der Waals surface area contributed by atoms with Gasteiger partial charge in [0.15, 0.2) is 48.5 Å². The van der Waals surface area contributed by atoms with Crippen molar-refractivity contribution in [2.45, 2.75) is 71.2 Å². The van der Waals surface area contributed by atoms with Crippen molar-refractivity contribution in [2.24, 2.45) is 5.92 Å². The number of nitrogens with zero attached hydrogens (tertiary/aromatic N) is 2. The molecule has 2 aromatic rings. The molecule has 1 aromatic heterocycles. The molecule has 0 saturated carbocycles. The number of benzene rings is 1. The van der Waals surface area contributed by atoms with Crippen molar-refractivity contribution in [1.82, 2.24) is 15.2 Å². The molecule has 46 heavy (non-hydrogen) atoms. The van der Waals surface area contributed by atoms with Gasteiger partial charge in [0.2, 0.25) is 0 Å². The van der Waals surface area contributed by atoms with Crippen LogP contribution in [0.4, 0.5) is 0 Å². The van der Waals surface area contributed by atoms with Crippen LogP contribution in [0.1, 0.15) is 51.0 Å². The molecule has 5 atom stereocenters. The van der Waals surface area contributed by atoms with Gasteiger partial charge < -0.3 is 38.3 Å². The van der Waals surface area contributed by atoms with Gasteiger partial charge in [0.25, 0.3) is 11.8 Å². The van der Waals surface area contributed by atoms with Crippen molar-refractivity contribution in [2.75, 3.05) is 19.7 Å². The Morgan fingerprint density at radius 2 is 1.50 bits per heavy atom. The molecule has 1 N–H and O–H groups in total. The lowest BCUT2D eigenvalue weighted by atomic mass is 9.93. The molecule has 0 radical (unpaired) electrons. The van der Waals surface area contributed by atoms with Crippen LogP contribution in [0.15, 0.2) is 35.1 Å². The molecule has 0 bridgehead atoms. The number of nitrogens with one attached hydrogen (secondary N) is 1. The number of piperidine rings is 1. The minimum Gasteiger partial charge on any atom is -0.466 e. The molecular formula is C30H34ClN3O12. The number of carbonyl (C=O) groups is 6. The average Bonchev–Trinajstić information content (AvgIpc) is 3.50. The molecule has 2 amide bonds. The second-order valence-corrected chi connectivity index (χ2v) is 11.0. The smallest absolute Gasteiger partial charge is 0.309 e. The summed E-state index contributed by atoms with van der Waals surface area (Å²) in [4.78, 5) is 81.8. The number of likely N-dealkylation sites (tertiary alicyclic amines) is 1. The molecule has 16 heteroatoms. The second kappa shape index (κ2) is 15.2. The Morgan fingerprint density at radius 1 is 0.913 bits per heavy atom. The van der Waals surface area contributed by atoms with Gasteiger partial charge in [-0.15, -0.1) is 0 Å². The van der Waals surface area contributed by atoms with Crippen LogP contribution in [0, 0.1) is 5.92 Å². The van der Waals surface area contributed by atoms with Gasteiger partial charge in [-0.2, -0.15) is 0 Å². The number of ether oxygens (including phenoxy) is 5. The number of hydrogen-bond donors (Lipinski definition) is 1. The van der Waals surface area contributed by atoms with E-state index in [-0.39, 0.29) is 37.1 Å². The molecule has 2 aliphatic rings. The van der Waals surface area contributed by atoms with Gasteiger partial charge in [-0.1, -0.05) is 11.6 Å². The SMILES string of the molecule is CCOC(=O)C1CCN(C(=O)C2OC(NC(=O)c3ncoc3-c3ccc(Cl)cc3)C(OC(C)=O)C(OC(C)=O)C2OC(C)=O)CC1. The van der Waals surface area contributed by atoms with Crippen molar-refractivity contribution in [3.05, 3.63) is 41.4 Å². The summed E-state index contributed by atoms with van der Waals surface area (Å²) < 4.78 is 32.9. The fourth-order valence-electron chi connectivity index (χ4n) is 5.31. The van der Waals surface area contributed by atoms with E-state index in [2.05, 4.69) is 10.3 Å². The highest BCUT2D eigenvalue weighted by Gasteiger charge is 2.55.